The molecule has 0 radical (unpaired) electrons. The van der Waals surface area contributed by atoms with Crippen molar-refractivity contribution in [3.05, 3.63) is 34.3 Å². The second-order valence-corrected chi connectivity index (χ2v) is 5.35. The van der Waals surface area contributed by atoms with Crippen LogP contribution >= 0.6 is 15.9 Å². The molecule has 1 rings (SSSR count). The molecule has 3 nitrogen and oxygen atoms in total. The van der Waals surface area contributed by atoms with E-state index in [9.17, 15) is 0 Å². The van der Waals surface area contributed by atoms with E-state index in [1.807, 2.05) is 6.07 Å². The van der Waals surface area contributed by atoms with Crippen LogP contribution in [0.4, 0.5) is 0 Å². The molecule has 1 aromatic carbocycles. The Kier molecular flexibility index (Phi) is 7.51. The SMILES string of the molecule is COCC(CCCN)N[C@H](C)c1ccccc1Br. The highest BCUT2D eigenvalue weighted by atomic mass is 79.9. The Morgan fingerprint density at radius 1 is 1.39 bits per heavy atom. The predicted octanol–water partition coefficient (Wildman–Crippen LogP) is 2.85. The smallest absolute Gasteiger partial charge is 0.0616 e. The molecule has 18 heavy (non-hydrogen) atoms. The molecule has 0 saturated carbocycles. The van der Waals surface area contributed by atoms with E-state index in [1.165, 1.54) is 5.56 Å². The summed E-state index contributed by atoms with van der Waals surface area (Å²) >= 11 is 3.59. The van der Waals surface area contributed by atoms with Gasteiger partial charge in [-0.1, -0.05) is 34.1 Å². The van der Waals surface area contributed by atoms with Gasteiger partial charge in [-0.05, 0) is 37.9 Å². The first-order valence-electron chi connectivity index (χ1n) is 6.38. The number of ether oxygens (including phenoxy) is 1. The van der Waals surface area contributed by atoms with Crippen molar-refractivity contribution in [2.45, 2.75) is 31.8 Å². The lowest BCUT2D eigenvalue weighted by Gasteiger charge is -2.23. The van der Waals surface area contributed by atoms with Crippen molar-refractivity contribution in [3.8, 4) is 0 Å². The first kappa shape index (κ1) is 15.6. The molecule has 1 aromatic rings. The highest BCUT2D eigenvalue weighted by Gasteiger charge is 2.14. The average Bonchev–Trinajstić information content (AvgIpc) is 2.36. The summed E-state index contributed by atoms with van der Waals surface area (Å²) in [4.78, 5) is 0. The number of hydrogen-bond donors (Lipinski definition) is 2. The van der Waals surface area contributed by atoms with E-state index in [-0.39, 0.29) is 0 Å². The fourth-order valence-corrected chi connectivity index (χ4v) is 2.68. The molecular weight excluding hydrogens is 292 g/mol. The van der Waals surface area contributed by atoms with Crippen LogP contribution in [0.2, 0.25) is 0 Å². The Morgan fingerprint density at radius 2 is 2.11 bits per heavy atom. The van der Waals surface area contributed by atoms with Gasteiger partial charge in [0.2, 0.25) is 0 Å². The molecule has 1 unspecified atom stereocenters. The molecule has 4 heteroatoms. The molecule has 0 spiro atoms. The molecule has 0 saturated heterocycles. The minimum Gasteiger partial charge on any atom is -0.383 e. The van der Waals surface area contributed by atoms with Gasteiger partial charge in [0.05, 0.1) is 6.61 Å². The van der Waals surface area contributed by atoms with E-state index in [1.54, 1.807) is 7.11 Å². The van der Waals surface area contributed by atoms with Crippen LogP contribution in [0, 0.1) is 0 Å². The van der Waals surface area contributed by atoms with Crippen molar-refractivity contribution < 1.29 is 4.74 Å². The van der Waals surface area contributed by atoms with Crippen LogP contribution in [0.5, 0.6) is 0 Å². The van der Waals surface area contributed by atoms with Gasteiger partial charge in [0.1, 0.15) is 0 Å². The van der Waals surface area contributed by atoms with Gasteiger partial charge in [0.15, 0.2) is 0 Å². The van der Waals surface area contributed by atoms with Gasteiger partial charge in [-0.2, -0.15) is 0 Å². The number of benzene rings is 1. The van der Waals surface area contributed by atoms with Crippen LogP contribution in [-0.4, -0.2) is 26.3 Å². The lowest BCUT2D eigenvalue weighted by molar-refractivity contribution is 0.156. The zero-order valence-electron chi connectivity index (χ0n) is 11.2. The third-order valence-electron chi connectivity index (χ3n) is 2.98. The minimum absolute atomic E-state index is 0.290. The maximum atomic E-state index is 5.56. The Hall–Kier alpha value is -0.420. The van der Waals surface area contributed by atoms with Crippen LogP contribution < -0.4 is 11.1 Å². The standard InChI is InChI=1S/C14H23BrN2O/c1-11(13-7-3-4-8-14(13)15)17-12(10-18-2)6-5-9-16/h3-4,7-8,11-12,17H,5-6,9-10,16H2,1-2H3/t11-,12?/m1/s1. The van der Waals surface area contributed by atoms with E-state index in [2.05, 4.69) is 46.4 Å². The van der Waals surface area contributed by atoms with Crippen LogP contribution in [0.1, 0.15) is 31.4 Å². The maximum Gasteiger partial charge on any atom is 0.0616 e. The molecule has 3 N–H and O–H groups in total. The highest BCUT2D eigenvalue weighted by Crippen LogP contribution is 2.23. The van der Waals surface area contributed by atoms with E-state index < -0.39 is 0 Å². The number of hydrogen-bond acceptors (Lipinski definition) is 3. The first-order chi connectivity index (χ1) is 8.69. The summed E-state index contributed by atoms with van der Waals surface area (Å²) in [6, 6.07) is 8.93. The molecule has 0 fully saturated rings. The summed E-state index contributed by atoms with van der Waals surface area (Å²) in [6.07, 6.45) is 2.06. The summed E-state index contributed by atoms with van der Waals surface area (Å²) in [5.74, 6) is 0. The minimum atomic E-state index is 0.290. The molecule has 2 atom stereocenters. The van der Waals surface area contributed by atoms with Crippen LogP contribution in [0.3, 0.4) is 0 Å². The monoisotopic (exact) mass is 314 g/mol. The van der Waals surface area contributed by atoms with Crippen molar-refractivity contribution in [2.75, 3.05) is 20.3 Å². The van der Waals surface area contributed by atoms with Crippen molar-refractivity contribution in [2.24, 2.45) is 5.73 Å². The van der Waals surface area contributed by atoms with E-state index in [0.717, 1.165) is 30.5 Å². The Labute approximate surface area is 118 Å². The van der Waals surface area contributed by atoms with E-state index >= 15 is 0 Å². The van der Waals surface area contributed by atoms with Gasteiger partial charge in [-0.15, -0.1) is 0 Å². The fraction of sp³-hybridized carbons (Fsp3) is 0.571. The summed E-state index contributed by atoms with van der Waals surface area (Å²) in [5.41, 5.74) is 6.83. The molecule has 0 aliphatic rings. The van der Waals surface area contributed by atoms with Crippen molar-refractivity contribution >= 4 is 15.9 Å². The lowest BCUT2D eigenvalue weighted by Crippen LogP contribution is -2.35. The predicted molar refractivity (Wildman–Crippen MR) is 79.6 cm³/mol. The fourth-order valence-electron chi connectivity index (χ4n) is 2.05. The topological polar surface area (TPSA) is 47.3 Å². The number of halogens is 1. The molecule has 0 bridgehead atoms. The Morgan fingerprint density at radius 3 is 2.72 bits per heavy atom. The number of methoxy groups -OCH3 is 1. The van der Waals surface area contributed by atoms with Gasteiger partial charge >= 0.3 is 0 Å². The van der Waals surface area contributed by atoms with Gasteiger partial charge in [0, 0.05) is 23.7 Å². The molecule has 0 heterocycles. The van der Waals surface area contributed by atoms with Crippen molar-refractivity contribution in [1.29, 1.82) is 0 Å². The summed E-state index contributed by atoms with van der Waals surface area (Å²) < 4.78 is 6.39. The number of nitrogens with two attached hydrogens (primary N) is 1. The number of nitrogens with one attached hydrogen (secondary N) is 1. The van der Waals surface area contributed by atoms with E-state index in [4.69, 9.17) is 10.5 Å². The van der Waals surface area contributed by atoms with E-state index in [0.29, 0.717) is 12.1 Å². The van der Waals surface area contributed by atoms with Gasteiger partial charge in [-0.25, -0.2) is 0 Å². The molecule has 0 aromatic heterocycles. The third kappa shape index (κ3) is 5.06. The van der Waals surface area contributed by atoms with Gasteiger partial charge in [0.25, 0.3) is 0 Å². The summed E-state index contributed by atoms with van der Waals surface area (Å²) in [5, 5.41) is 3.60. The zero-order valence-corrected chi connectivity index (χ0v) is 12.7. The quantitative estimate of drug-likeness (QED) is 0.775. The summed E-state index contributed by atoms with van der Waals surface area (Å²) in [7, 11) is 1.74. The molecular formula is C14H23BrN2O. The highest BCUT2D eigenvalue weighted by molar-refractivity contribution is 9.10. The Bertz CT molecular complexity index is 346. The average molecular weight is 315 g/mol. The van der Waals surface area contributed by atoms with Crippen molar-refractivity contribution in [3.63, 3.8) is 0 Å². The molecule has 0 aliphatic carbocycles. The van der Waals surface area contributed by atoms with Crippen LogP contribution in [0.15, 0.2) is 28.7 Å². The lowest BCUT2D eigenvalue weighted by atomic mass is 10.1. The first-order valence-corrected chi connectivity index (χ1v) is 7.17. The van der Waals surface area contributed by atoms with Crippen LogP contribution in [0.25, 0.3) is 0 Å². The van der Waals surface area contributed by atoms with Crippen LogP contribution in [-0.2, 0) is 4.74 Å². The molecule has 102 valence electrons. The molecule has 0 amide bonds. The third-order valence-corrected chi connectivity index (χ3v) is 3.70. The normalized spacial score (nSPS) is 14.4. The zero-order chi connectivity index (χ0) is 13.4. The van der Waals surface area contributed by atoms with Crippen molar-refractivity contribution in [1.82, 2.24) is 5.32 Å². The van der Waals surface area contributed by atoms with Gasteiger partial charge in [-0.3, -0.25) is 0 Å². The second kappa shape index (κ2) is 8.64. The Balaban J connectivity index is 2.60. The summed E-state index contributed by atoms with van der Waals surface area (Å²) in [6.45, 7) is 3.62. The second-order valence-electron chi connectivity index (χ2n) is 4.49. The maximum absolute atomic E-state index is 5.56. The number of rotatable bonds is 8. The molecule has 0 aliphatic heterocycles. The van der Waals surface area contributed by atoms with Gasteiger partial charge < -0.3 is 15.8 Å². The largest absolute Gasteiger partial charge is 0.383 e.